The number of nitrogens with one attached hydrogen (secondary N) is 1. The predicted molar refractivity (Wildman–Crippen MR) is 79.9 cm³/mol. The number of aromatic nitrogens is 3. The molecule has 2 aromatic heterocycles. The lowest BCUT2D eigenvalue weighted by atomic mass is 10.0. The maximum atomic E-state index is 4.29. The first-order chi connectivity index (χ1) is 9.22. The molecule has 102 valence electrons. The van der Waals surface area contributed by atoms with Crippen molar-refractivity contribution in [2.24, 2.45) is 7.05 Å². The van der Waals surface area contributed by atoms with Gasteiger partial charge in [-0.15, -0.1) is 0 Å². The molecule has 5 heteroatoms. The third-order valence-electron chi connectivity index (χ3n) is 3.16. The van der Waals surface area contributed by atoms with E-state index < -0.39 is 0 Å². The van der Waals surface area contributed by atoms with Gasteiger partial charge in [0.25, 0.3) is 0 Å². The Morgan fingerprint density at radius 1 is 1.42 bits per heavy atom. The molecule has 0 spiro atoms. The summed E-state index contributed by atoms with van der Waals surface area (Å²) in [6, 6.07) is 4.40. The van der Waals surface area contributed by atoms with Gasteiger partial charge in [-0.25, -0.2) is 0 Å². The third-order valence-corrected chi connectivity index (χ3v) is 3.77. The van der Waals surface area contributed by atoms with Gasteiger partial charge in [-0.2, -0.15) is 5.10 Å². The Labute approximate surface area is 122 Å². The van der Waals surface area contributed by atoms with Crippen LogP contribution in [0.5, 0.6) is 0 Å². The zero-order valence-corrected chi connectivity index (χ0v) is 12.9. The molecule has 0 fully saturated rings. The summed E-state index contributed by atoms with van der Waals surface area (Å²) < 4.78 is 2.99. The number of halogens is 1. The molecular weight excluding hydrogens is 304 g/mol. The van der Waals surface area contributed by atoms with Crippen molar-refractivity contribution in [1.29, 1.82) is 0 Å². The SMILES string of the molecule is CCNC(CCc1cccnc1)c1c(Br)cnn1C. The second-order valence-electron chi connectivity index (χ2n) is 4.51. The molecule has 0 amide bonds. The molecule has 1 N–H and O–H groups in total. The summed E-state index contributed by atoms with van der Waals surface area (Å²) in [7, 11) is 1.98. The van der Waals surface area contributed by atoms with Crippen molar-refractivity contribution >= 4 is 15.9 Å². The monoisotopic (exact) mass is 322 g/mol. The van der Waals surface area contributed by atoms with Crippen LogP contribution in [0, 0.1) is 0 Å². The molecule has 0 saturated carbocycles. The average molecular weight is 323 g/mol. The van der Waals surface area contributed by atoms with Crippen molar-refractivity contribution in [3.05, 3.63) is 46.5 Å². The van der Waals surface area contributed by atoms with E-state index in [0.29, 0.717) is 6.04 Å². The molecular formula is C14H19BrN4. The van der Waals surface area contributed by atoms with Gasteiger partial charge in [0.05, 0.1) is 22.4 Å². The Morgan fingerprint density at radius 2 is 2.26 bits per heavy atom. The van der Waals surface area contributed by atoms with Gasteiger partial charge in [-0.1, -0.05) is 13.0 Å². The standard InChI is InChI=1S/C14H19BrN4/c1-3-17-13(14-12(15)10-18-19(14)2)7-6-11-5-4-8-16-9-11/h4-5,8-10,13,17H,3,6-7H2,1-2H3. The maximum Gasteiger partial charge on any atom is 0.0692 e. The van der Waals surface area contributed by atoms with Crippen molar-refractivity contribution in [1.82, 2.24) is 20.1 Å². The predicted octanol–water partition coefficient (Wildman–Crippen LogP) is 2.86. The van der Waals surface area contributed by atoms with E-state index in [-0.39, 0.29) is 0 Å². The topological polar surface area (TPSA) is 42.7 Å². The average Bonchev–Trinajstić information content (AvgIpc) is 2.76. The van der Waals surface area contributed by atoms with Gasteiger partial charge in [-0.05, 0) is 46.9 Å². The number of nitrogens with zero attached hydrogens (tertiary/aromatic N) is 3. The minimum Gasteiger partial charge on any atom is -0.309 e. The molecule has 0 aliphatic heterocycles. The first-order valence-corrected chi connectivity index (χ1v) is 7.31. The molecule has 0 radical (unpaired) electrons. The van der Waals surface area contributed by atoms with E-state index in [0.717, 1.165) is 23.9 Å². The third kappa shape index (κ3) is 3.64. The van der Waals surface area contributed by atoms with Crippen LogP contribution < -0.4 is 5.32 Å². The zero-order valence-electron chi connectivity index (χ0n) is 11.3. The van der Waals surface area contributed by atoms with Crippen LogP contribution >= 0.6 is 15.9 Å². The van der Waals surface area contributed by atoms with E-state index in [2.05, 4.69) is 44.3 Å². The van der Waals surface area contributed by atoms with Crippen LogP contribution in [0.3, 0.4) is 0 Å². The fourth-order valence-corrected chi connectivity index (χ4v) is 2.88. The molecule has 4 nitrogen and oxygen atoms in total. The molecule has 2 heterocycles. The van der Waals surface area contributed by atoms with Gasteiger partial charge in [0.15, 0.2) is 0 Å². The molecule has 1 atom stereocenters. The quantitative estimate of drug-likeness (QED) is 0.889. The van der Waals surface area contributed by atoms with Gasteiger partial charge in [0, 0.05) is 19.4 Å². The molecule has 0 aliphatic rings. The van der Waals surface area contributed by atoms with Crippen molar-refractivity contribution in [3.63, 3.8) is 0 Å². The van der Waals surface area contributed by atoms with E-state index >= 15 is 0 Å². The number of pyridine rings is 1. The van der Waals surface area contributed by atoms with Crippen LogP contribution in [0.1, 0.15) is 30.6 Å². The summed E-state index contributed by atoms with van der Waals surface area (Å²) >= 11 is 3.58. The summed E-state index contributed by atoms with van der Waals surface area (Å²) in [5, 5.41) is 7.82. The molecule has 2 aromatic rings. The largest absolute Gasteiger partial charge is 0.309 e. The Kier molecular flexibility index (Phi) is 5.10. The van der Waals surface area contributed by atoms with Gasteiger partial charge in [-0.3, -0.25) is 9.67 Å². The lowest BCUT2D eigenvalue weighted by Gasteiger charge is -2.19. The van der Waals surface area contributed by atoms with E-state index in [9.17, 15) is 0 Å². The molecule has 19 heavy (non-hydrogen) atoms. The second-order valence-corrected chi connectivity index (χ2v) is 5.37. The van der Waals surface area contributed by atoms with Crippen LogP contribution in [0.25, 0.3) is 0 Å². The molecule has 1 unspecified atom stereocenters. The lowest BCUT2D eigenvalue weighted by Crippen LogP contribution is -2.24. The van der Waals surface area contributed by atoms with Crippen LogP contribution in [0.15, 0.2) is 35.2 Å². The zero-order chi connectivity index (χ0) is 13.7. The van der Waals surface area contributed by atoms with E-state index in [1.54, 1.807) is 0 Å². The van der Waals surface area contributed by atoms with E-state index in [1.165, 1.54) is 11.3 Å². The van der Waals surface area contributed by atoms with Crippen LogP contribution in [-0.4, -0.2) is 21.3 Å². The number of rotatable bonds is 6. The van der Waals surface area contributed by atoms with Crippen LogP contribution in [-0.2, 0) is 13.5 Å². The van der Waals surface area contributed by atoms with E-state index in [4.69, 9.17) is 0 Å². The van der Waals surface area contributed by atoms with Crippen molar-refractivity contribution in [3.8, 4) is 0 Å². The molecule has 0 aromatic carbocycles. The molecule has 0 bridgehead atoms. The molecule has 2 rings (SSSR count). The summed E-state index contributed by atoms with van der Waals surface area (Å²) in [6.07, 6.45) is 7.62. The second kappa shape index (κ2) is 6.82. The number of hydrogen-bond donors (Lipinski definition) is 1. The van der Waals surface area contributed by atoms with Gasteiger partial charge in [0.1, 0.15) is 0 Å². The Hall–Kier alpha value is -1.20. The van der Waals surface area contributed by atoms with E-state index in [1.807, 2.05) is 36.4 Å². The normalized spacial score (nSPS) is 12.6. The highest BCUT2D eigenvalue weighted by Crippen LogP contribution is 2.26. The summed E-state index contributed by atoms with van der Waals surface area (Å²) in [4.78, 5) is 4.16. The Bertz CT molecular complexity index is 490. The Balaban J connectivity index is 2.09. The minimum atomic E-state index is 0.298. The van der Waals surface area contributed by atoms with Crippen molar-refractivity contribution in [2.75, 3.05) is 6.54 Å². The Morgan fingerprint density at radius 3 is 2.84 bits per heavy atom. The van der Waals surface area contributed by atoms with Gasteiger partial charge in [0.2, 0.25) is 0 Å². The maximum absolute atomic E-state index is 4.29. The highest BCUT2D eigenvalue weighted by molar-refractivity contribution is 9.10. The van der Waals surface area contributed by atoms with Gasteiger partial charge < -0.3 is 5.32 Å². The minimum absolute atomic E-state index is 0.298. The molecule has 0 aliphatic carbocycles. The lowest BCUT2D eigenvalue weighted by molar-refractivity contribution is 0.478. The van der Waals surface area contributed by atoms with Crippen LogP contribution in [0.4, 0.5) is 0 Å². The highest BCUT2D eigenvalue weighted by Gasteiger charge is 2.17. The highest BCUT2D eigenvalue weighted by atomic mass is 79.9. The first-order valence-electron chi connectivity index (χ1n) is 6.52. The summed E-state index contributed by atoms with van der Waals surface area (Å²) in [5.41, 5.74) is 2.47. The number of aryl methyl sites for hydroxylation is 2. The van der Waals surface area contributed by atoms with Crippen LogP contribution in [0.2, 0.25) is 0 Å². The molecule has 0 saturated heterocycles. The smallest absolute Gasteiger partial charge is 0.0692 e. The number of hydrogen-bond acceptors (Lipinski definition) is 3. The summed E-state index contributed by atoms with van der Waals surface area (Å²) in [6.45, 7) is 3.07. The van der Waals surface area contributed by atoms with Crippen molar-refractivity contribution < 1.29 is 0 Å². The fraction of sp³-hybridized carbons (Fsp3) is 0.429. The first kappa shape index (κ1) is 14.2. The van der Waals surface area contributed by atoms with Gasteiger partial charge >= 0.3 is 0 Å². The van der Waals surface area contributed by atoms with Crippen molar-refractivity contribution in [2.45, 2.75) is 25.8 Å². The fourth-order valence-electron chi connectivity index (χ4n) is 2.25. The summed E-state index contributed by atoms with van der Waals surface area (Å²) in [5.74, 6) is 0.